The molecule has 0 aliphatic carbocycles. The van der Waals surface area contributed by atoms with Crippen molar-refractivity contribution < 1.29 is 31.9 Å². The predicted octanol–water partition coefficient (Wildman–Crippen LogP) is 3.33. The summed E-state index contributed by atoms with van der Waals surface area (Å²) in [6.45, 7) is 3.66. The summed E-state index contributed by atoms with van der Waals surface area (Å²) in [6.07, 6.45) is 2.97. The Balaban J connectivity index is 2.46. The molecule has 2 rings (SSSR count). The molecule has 2 aromatic rings. The van der Waals surface area contributed by atoms with E-state index in [-0.39, 0.29) is 23.9 Å². The maximum Gasteiger partial charge on any atom is 0.244 e. The van der Waals surface area contributed by atoms with Crippen LogP contribution in [0.4, 0.5) is 10.1 Å². The van der Waals surface area contributed by atoms with Gasteiger partial charge in [-0.2, -0.15) is 0 Å². The molecule has 0 heterocycles. The third kappa shape index (κ3) is 8.34. The summed E-state index contributed by atoms with van der Waals surface area (Å²) in [6, 6.07) is 9.31. The molecule has 37 heavy (non-hydrogen) atoms. The molecule has 204 valence electrons. The van der Waals surface area contributed by atoms with Crippen LogP contribution in [0.25, 0.3) is 0 Å². The largest absolute Gasteiger partial charge is 0.497 e. The fourth-order valence-electron chi connectivity index (χ4n) is 3.80. The standard InChI is InChI=1S/C26H36FN3O6S/c1-6-8-15-28-26(32)22(7-2)29(17-19-9-11-20(27)12-10-19)25(31)18-30(37(5,33)34)23-14-13-21(35-3)16-24(23)36-4/h9-14,16,22H,6-8,15,17-18H2,1-5H3,(H,28,32)/t22-/m0/s1. The fraction of sp³-hybridized carbons (Fsp3) is 0.462. The van der Waals surface area contributed by atoms with Gasteiger partial charge >= 0.3 is 0 Å². The molecule has 0 aliphatic heterocycles. The van der Waals surface area contributed by atoms with E-state index in [1.165, 1.54) is 55.5 Å². The molecule has 0 saturated heterocycles. The number of carbonyl (C=O) groups is 2. The zero-order valence-corrected chi connectivity index (χ0v) is 22.8. The molecule has 0 spiro atoms. The van der Waals surface area contributed by atoms with Crippen LogP contribution in [0, 0.1) is 5.82 Å². The molecular weight excluding hydrogens is 501 g/mol. The number of benzene rings is 2. The average Bonchev–Trinajstić information content (AvgIpc) is 2.87. The quantitative estimate of drug-likeness (QED) is 0.371. The van der Waals surface area contributed by atoms with Gasteiger partial charge in [0.05, 0.1) is 26.2 Å². The molecule has 1 atom stereocenters. The minimum atomic E-state index is -3.93. The molecule has 0 aliphatic rings. The molecule has 1 N–H and O–H groups in total. The highest BCUT2D eigenvalue weighted by Gasteiger charge is 2.32. The maximum absolute atomic E-state index is 13.7. The van der Waals surface area contributed by atoms with Gasteiger partial charge in [0.15, 0.2) is 0 Å². The molecule has 0 aromatic heterocycles. The number of hydrogen-bond donors (Lipinski definition) is 1. The summed E-state index contributed by atoms with van der Waals surface area (Å²) >= 11 is 0. The molecule has 0 unspecified atom stereocenters. The normalized spacial score (nSPS) is 11.9. The summed E-state index contributed by atoms with van der Waals surface area (Å²) in [5.74, 6) is -0.703. The van der Waals surface area contributed by atoms with E-state index >= 15 is 0 Å². The smallest absolute Gasteiger partial charge is 0.244 e. The van der Waals surface area contributed by atoms with E-state index in [9.17, 15) is 22.4 Å². The second-order valence-electron chi connectivity index (χ2n) is 8.52. The third-order valence-corrected chi connectivity index (χ3v) is 6.94. The van der Waals surface area contributed by atoms with Crippen LogP contribution in [0.1, 0.15) is 38.7 Å². The second-order valence-corrected chi connectivity index (χ2v) is 10.4. The highest BCUT2D eigenvalue weighted by atomic mass is 32.2. The van der Waals surface area contributed by atoms with E-state index in [4.69, 9.17) is 9.47 Å². The molecule has 2 aromatic carbocycles. The van der Waals surface area contributed by atoms with E-state index < -0.39 is 34.3 Å². The Morgan fingerprint density at radius 2 is 1.73 bits per heavy atom. The van der Waals surface area contributed by atoms with Gasteiger partial charge in [-0.05, 0) is 42.7 Å². The number of hydrogen-bond acceptors (Lipinski definition) is 6. The van der Waals surface area contributed by atoms with Crippen molar-refractivity contribution in [3.05, 3.63) is 53.8 Å². The van der Waals surface area contributed by atoms with Gasteiger partial charge in [-0.1, -0.05) is 32.4 Å². The van der Waals surface area contributed by atoms with E-state index in [1.54, 1.807) is 13.0 Å². The summed E-state index contributed by atoms with van der Waals surface area (Å²) < 4.78 is 50.6. The third-order valence-electron chi connectivity index (χ3n) is 5.82. The van der Waals surface area contributed by atoms with E-state index in [0.29, 0.717) is 24.3 Å². The SMILES string of the molecule is CCCCNC(=O)[C@H](CC)N(Cc1ccc(F)cc1)C(=O)CN(c1ccc(OC)cc1OC)S(C)(=O)=O. The minimum Gasteiger partial charge on any atom is -0.497 e. The topological polar surface area (TPSA) is 105 Å². The number of sulfonamides is 1. The summed E-state index contributed by atoms with van der Waals surface area (Å²) in [5.41, 5.74) is 0.754. The Morgan fingerprint density at radius 3 is 2.27 bits per heavy atom. The Kier molecular flexibility index (Phi) is 11.2. The van der Waals surface area contributed by atoms with Crippen LogP contribution in [-0.2, 0) is 26.2 Å². The van der Waals surface area contributed by atoms with E-state index in [1.807, 2.05) is 6.92 Å². The van der Waals surface area contributed by atoms with Crippen LogP contribution in [-0.4, -0.2) is 64.7 Å². The molecule has 9 nitrogen and oxygen atoms in total. The number of nitrogens with zero attached hydrogens (tertiary/aromatic N) is 2. The first-order valence-corrected chi connectivity index (χ1v) is 13.9. The van der Waals surface area contributed by atoms with Gasteiger partial charge in [-0.25, -0.2) is 12.8 Å². The summed E-state index contributed by atoms with van der Waals surface area (Å²) in [7, 11) is -1.08. The van der Waals surface area contributed by atoms with Crippen LogP contribution in [0.15, 0.2) is 42.5 Å². The van der Waals surface area contributed by atoms with Gasteiger partial charge in [-0.15, -0.1) is 0 Å². The Bertz CT molecular complexity index is 1160. The fourth-order valence-corrected chi connectivity index (χ4v) is 4.65. The zero-order chi connectivity index (χ0) is 27.6. The first-order valence-electron chi connectivity index (χ1n) is 12.1. The average molecular weight is 538 g/mol. The first-order chi connectivity index (χ1) is 17.5. The Hall–Kier alpha value is -3.34. The maximum atomic E-state index is 13.7. The highest BCUT2D eigenvalue weighted by Crippen LogP contribution is 2.33. The molecule has 2 amide bonds. The van der Waals surface area contributed by atoms with E-state index in [0.717, 1.165) is 23.4 Å². The molecule has 11 heteroatoms. The minimum absolute atomic E-state index is 0.00380. The first kappa shape index (κ1) is 29.9. The number of rotatable bonds is 14. The Labute approximate surface area is 218 Å². The summed E-state index contributed by atoms with van der Waals surface area (Å²) in [4.78, 5) is 28.1. The zero-order valence-electron chi connectivity index (χ0n) is 22.0. The highest BCUT2D eigenvalue weighted by molar-refractivity contribution is 7.92. The van der Waals surface area contributed by atoms with Crippen LogP contribution >= 0.6 is 0 Å². The number of halogens is 1. The number of amides is 2. The number of anilines is 1. The van der Waals surface area contributed by atoms with Gasteiger partial charge < -0.3 is 19.7 Å². The van der Waals surface area contributed by atoms with Gasteiger partial charge in [0, 0.05) is 19.2 Å². The number of ether oxygens (including phenoxy) is 2. The van der Waals surface area contributed by atoms with Crippen molar-refractivity contribution in [3.63, 3.8) is 0 Å². The lowest BCUT2D eigenvalue weighted by molar-refractivity contribution is -0.140. The summed E-state index contributed by atoms with van der Waals surface area (Å²) in [5, 5.41) is 2.85. The molecule has 0 saturated carbocycles. The van der Waals surface area contributed by atoms with Crippen molar-refractivity contribution in [2.45, 2.75) is 45.7 Å². The molecule has 0 bridgehead atoms. The van der Waals surface area contributed by atoms with Crippen molar-refractivity contribution in [3.8, 4) is 11.5 Å². The van der Waals surface area contributed by atoms with Crippen molar-refractivity contribution in [1.82, 2.24) is 10.2 Å². The Morgan fingerprint density at radius 1 is 1.05 bits per heavy atom. The number of methoxy groups -OCH3 is 2. The lowest BCUT2D eigenvalue weighted by atomic mass is 10.1. The van der Waals surface area contributed by atoms with Crippen LogP contribution in [0.5, 0.6) is 11.5 Å². The lowest BCUT2D eigenvalue weighted by Crippen LogP contribution is -2.52. The predicted molar refractivity (Wildman–Crippen MR) is 141 cm³/mol. The van der Waals surface area contributed by atoms with Gasteiger partial charge in [0.2, 0.25) is 21.8 Å². The number of unbranched alkanes of at least 4 members (excludes halogenated alkanes) is 1. The second kappa shape index (κ2) is 13.8. The van der Waals surface area contributed by atoms with Gasteiger partial charge in [-0.3, -0.25) is 13.9 Å². The van der Waals surface area contributed by atoms with Crippen molar-refractivity contribution in [1.29, 1.82) is 0 Å². The van der Waals surface area contributed by atoms with E-state index in [2.05, 4.69) is 5.32 Å². The van der Waals surface area contributed by atoms with Crippen LogP contribution in [0.2, 0.25) is 0 Å². The number of nitrogens with one attached hydrogen (secondary N) is 1. The van der Waals surface area contributed by atoms with Crippen LogP contribution in [0.3, 0.4) is 0 Å². The number of carbonyl (C=O) groups excluding carboxylic acids is 2. The van der Waals surface area contributed by atoms with Crippen molar-refractivity contribution in [2.75, 3.05) is 37.9 Å². The molecular formula is C26H36FN3O6S. The molecule has 0 fully saturated rings. The van der Waals surface area contributed by atoms with Crippen molar-refractivity contribution >= 4 is 27.5 Å². The van der Waals surface area contributed by atoms with Gasteiger partial charge in [0.25, 0.3) is 0 Å². The lowest BCUT2D eigenvalue weighted by Gasteiger charge is -2.33. The monoisotopic (exact) mass is 537 g/mol. The van der Waals surface area contributed by atoms with Gasteiger partial charge in [0.1, 0.15) is 29.9 Å². The molecule has 0 radical (unpaired) electrons. The van der Waals surface area contributed by atoms with Crippen LogP contribution < -0.4 is 19.1 Å². The van der Waals surface area contributed by atoms with Crippen molar-refractivity contribution in [2.24, 2.45) is 0 Å².